The molecular formula is C32H58NO6P. The zero-order valence-electron chi connectivity index (χ0n) is 25.9. The topological polar surface area (TPSA) is 85.3 Å². The second-order valence-electron chi connectivity index (χ2n) is 11.5. The van der Waals surface area contributed by atoms with Crippen molar-refractivity contribution in [2.45, 2.75) is 117 Å². The van der Waals surface area contributed by atoms with Crippen molar-refractivity contribution in [3.63, 3.8) is 0 Å². The smallest absolute Gasteiger partial charge is 0.472 e. The van der Waals surface area contributed by atoms with Crippen molar-refractivity contribution in [1.29, 1.82) is 0 Å². The maximum Gasteiger partial charge on any atom is 0.472 e. The molecule has 0 spiro atoms. The van der Waals surface area contributed by atoms with Gasteiger partial charge in [0.05, 0.1) is 19.8 Å². The molecule has 40 heavy (non-hydrogen) atoms. The van der Waals surface area contributed by atoms with Gasteiger partial charge in [-0.25, -0.2) is 4.57 Å². The van der Waals surface area contributed by atoms with Crippen molar-refractivity contribution in [2.75, 3.05) is 40.5 Å². The van der Waals surface area contributed by atoms with E-state index in [1.165, 1.54) is 77.6 Å². The van der Waals surface area contributed by atoms with Gasteiger partial charge in [0.2, 0.25) is 0 Å². The van der Waals surface area contributed by atoms with Crippen molar-refractivity contribution in [1.82, 2.24) is 4.90 Å². The summed E-state index contributed by atoms with van der Waals surface area (Å²) in [4.78, 5) is 23.9. The first kappa shape index (κ1) is 36.8. The Hall–Kier alpha value is -1.24. The average molecular weight is 584 g/mol. The lowest BCUT2D eigenvalue weighted by atomic mass is 9.95. The Morgan fingerprint density at radius 3 is 1.93 bits per heavy atom. The van der Waals surface area contributed by atoms with Crippen LogP contribution in [0.3, 0.4) is 0 Å². The third kappa shape index (κ3) is 21.5. The molecule has 1 aromatic carbocycles. The molecule has 0 aromatic heterocycles. The highest BCUT2D eigenvalue weighted by molar-refractivity contribution is 7.47. The van der Waals surface area contributed by atoms with Crippen LogP contribution < -0.4 is 4.74 Å². The number of benzene rings is 1. The number of unbranched alkanes of at least 4 members (excludes halogenated alkanes) is 12. The SMILES string of the molecule is CCCCCCCCCCCCCCOc1ccc(CC(COP(=O)(O)OCCCCN(C)C)CC(C)=O)cc1. The third-order valence-electron chi connectivity index (χ3n) is 7.02. The summed E-state index contributed by atoms with van der Waals surface area (Å²) in [5.41, 5.74) is 1.03. The zero-order chi connectivity index (χ0) is 29.5. The maximum atomic E-state index is 12.3. The maximum absolute atomic E-state index is 12.3. The summed E-state index contributed by atoms with van der Waals surface area (Å²) >= 11 is 0. The first-order valence-corrected chi connectivity index (χ1v) is 17.2. The van der Waals surface area contributed by atoms with Crippen LogP contribution in [0.15, 0.2) is 24.3 Å². The van der Waals surface area contributed by atoms with E-state index >= 15 is 0 Å². The van der Waals surface area contributed by atoms with Crippen LogP contribution in [0.1, 0.15) is 116 Å². The Morgan fingerprint density at radius 2 is 1.38 bits per heavy atom. The van der Waals surface area contributed by atoms with Crippen LogP contribution in [0.25, 0.3) is 0 Å². The Kier molecular flexibility index (Phi) is 21.5. The summed E-state index contributed by atoms with van der Waals surface area (Å²) in [6.45, 7) is 5.56. The van der Waals surface area contributed by atoms with Crippen molar-refractivity contribution < 1.29 is 28.0 Å². The minimum atomic E-state index is -4.14. The summed E-state index contributed by atoms with van der Waals surface area (Å²) in [5.74, 6) is 0.658. The lowest BCUT2D eigenvalue weighted by Gasteiger charge is -2.19. The molecule has 232 valence electrons. The number of carbonyl (C=O) groups is 1. The van der Waals surface area contributed by atoms with Crippen LogP contribution in [0, 0.1) is 5.92 Å². The van der Waals surface area contributed by atoms with Crippen LogP contribution in [0.5, 0.6) is 5.75 Å². The monoisotopic (exact) mass is 583 g/mol. The van der Waals surface area contributed by atoms with Crippen molar-refractivity contribution >= 4 is 13.6 Å². The van der Waals surface area contributed by atoms with Gasteiger partial charge in [-0.3, -0.25) is 9.05 Å². The van der Waals surface area contributed by atoms with E-state index in [0.717, 1.165) is 37.3 Å². The van der Waals surface area contributed by atoms with Gasteiger partial charge in [0.1, 0.15) is 11.5 Å². The van der Waals surface area contributed by atoms with Crippen LogP contribution in [0.4, 0.5) is 0 Å². The predicted molar refractivity (Wildman–Crippen MR) is 165 cm³/mol. The highest BCUT2D eigenvalue weighted by atomic mass is 31.2. The predicted octanol–water partition coefficient (Wildman–Crippen LogP) is 8.38. The standard InChI is InChI=1S/C32H58NO6P/c1-5-6-7-8-9-10-11-12-13-14-15-17-24-37-32-21-19-30(20-22-32)27-31(26-29(2)34)28-39-40(35,36)38-25-18-16-23-33(3)4/h19-22,31H,5-18,23-28H2,1-4H3,(H,35,36). The van der Waals surface area contributed by atoms with Gasteiger partial charge in [0.15, 0.2) is 0 Å². The van der Waals surface area contributed by atoms with Gasteiger partial charge in [0.25, 0.3) is 0 Å². The molecule has 0 amide bonds. The van der Waals surface area contributed by atoms with Gasteiger partial charge in [-0.05, 0) is 76.9 Å². The average Bonchev–Trinajstić information content (AvgIpc) is 2.90. The second kappa shape index (κ2) is 23.3. The largest absolute Gasteiger partial charge is 0.494 e. The van der Waals surface area contributed by atoms with Crippen LogP contribution in [-0.4, -0.2) is 56.0 Å². The first-order valence-electron chi connectivity index (χ1n) is 15.7. The first-order chi connectivity index (χ1) is 19.2. The normalized spacial score (nSPS) is 13.8. The van der Waals surface area contributed by atoms with E-state index in [9.17, 15) is 14.3 Å². The number of ether oxygens (including phenoxy) is 1. The molecule has 1 N–H and O–H groups in total. The fraction of sp³-hybridized carbons (Fsp3) is 0.781. The Morgan fingerprint density at radius 1 is 0.825 bits per heavy atom. The molecule has 0 fully saturated rings. The molecule has 0 saturated heterocycles. The lowest BCUT2D eigenvalue weighted by Crippen LogP contribution is -2.16. The molecule has 0 heterocycles. The Labute approximate surface area is 245 Å². The number of ketones is 1. The van der Waals surface area contributed by atoms with E-state index in [1.807, 2.05) is 38.4 Å². The number of nitrogens with zero attached hydrogens (tertiary/aromatic N) is 1. The number of hydrogen-bond donors (Lipinski definition) is 1. The molecule has 0 aliphatic heterocycles. The van der Waals surface area contributed by atoms with Crippen molar-refractivity contribution in [3.8, 4) is 5.75 Å². The number of phosphoric acid groups is 1. The van der Waals surface area contributed by atoms with E-state index in [1.54, 1.807) is 0 Å². The van der Waals surface area contributed by atoms with E-state index in [2.05, 4.69) is 11.8 Å². The molecule has 0 aliphatic carbocycles. The van der Waals surface area contributed by atoms with E-state index in [0.29, 0.717) is 12.8 Å². The minimum Gasteiger partial charge on any atom is -0.494 e. The van der Waals surface area contributed by atoms with Gasteiger partial charge in [-0.2, -0.15) is 0 Å². The fourth-order valence-electron chi connectivity index (χ4n) is 4.73. The molecule has 7 nitrogen and oxygen atoms in total. The zero-order valence-corrected chi connectivity index (χ0v) is 26.8. The minimum absolute atomic E-state index is 0.0116. The van der Waals surface area contributed by atoms with E-state index < -0.39 is 7.82 Å². The van der Waals surface area contributed by atoms with Crippen molar-refractivity contribution in [3.05, 3.63) is 29.8 Å². The number of hydrogen-bond acceptors (Lipinski definition) is 6. The van der Waals surface area contributed by atoms with Crippen LogP contribution in [0.2, 0.25) is 0 Å². The number of Topliss-reactive ketones (excluding diaryl/α,β-unsaturated/α-hetero) is 1. The van der Waals surface area contributed by atoms with Crippen molar-refractivity contribution in [2.24, 2.45) is 5.92 Å². The summed E-state index contributed by atoms with van der Waals surface area (Å²) in [6.07, 6.45) is 18.3. The molecule has 1 aromatic rings. The third-order valence-corrected chi connectivity index (χ3v) is 8.00. The summed E-state index contributed by atoms with van der Waals surface area (Å²) in [7, 11) is -0.178. The van der Waals surface area contributed by atoms with Gasteiger partial charge in [-0.15, -0.1) is 0 Å². The quantitative estimate of drug-likeness (QED) is 0.0822. The summed E-state index contributed by atoms with van der Waals surface area (Å²) in [5, 5.41) is 0. The second-order valence-corrected chi connectivity index (χ2v) is 12.9. The molecule has 0 aliphatic rings. The van der Waals surface area contributed by atoms with Gasteiger partial charge >= 0.3 is 7.82 Å². The number of carbonyl (C=O) groups excluding carboxylic acids is 1. The molecule has 0 radical (unpaired) electrons. The highest BCUT2D eigenvalue weighted by Gasteiger charge is 2.24. The van der Waals surface area contributed by atoms with E-state index in [4.69, 9.17) is 13.8 Å². The molecular weight excluding hydrogens is 525 g/mol. The summed E-state index contributed by atoms with van der Waals surface area (Å²) < 4.78 is 28.5. The highest BCUT2D eigenvalue weighted by Crippen LogP contribution is 2.44. The van der Waals surface area contributed by atoms with E-state index in [-0.39, 0.29) is 31.3 Å². The molecule has 8 heteroatoms. The summed E-state index contributed by atoms with van der Waals surface area (Å²) in [6, 6.07) is 7.89. The van der Waals surface area contributed by atoms with Gasteiger partial charge in [-0.1, -0.05) is 89.7 Å². The Balaban J connectivity index is 2.26. The molecule has 0 bridgehead atoms. The number of rotatable bonds is 27. The fourth-order valence-corrected chi connectivity index (χ4v) is 5.57. The lowest BCUT2D eigenvalue weighted by molar-refractivity contribution is -0.118. The van der Waals surface area contributed by atoms with Gasteiger partial charge in [0, 0.05) is 6.42 Å². The molecule has 1 rings (SSSR count). The molecule has 2 atom stereocenters. The van der Waals surface area contributed by atoms with Gasteiger partial charge < -0.3 is 19.3 Å². The molecule has 0 saturated carbocycles. The Bertz CT molecular complexity index is 801. The van der Waals surface area contributed by atoms with Crippen LogP contribution >= 0.6 is 7.82 Å². The molecule has 2 unspecified atom stereocenters. The number of phosphoric ester groups is 1. The van der Waals surface area contributed by atoms with Crippen LogP contribution in [-0.2, 0) is 24.8 Å².